The van der Waals surface area contributed by atoms with Gasteiger partial charge in [-0.05, 0) is 61.4 Å². The van der Waals surface area contributed by atoms with Crippen LogP contribution < -0.4 is 15.4 Å². The maximum Gasteiger partial charge on any atom is 0.256 e. The van der Waals surface area contributed by atoms with Crippen LogP contribution in [0.2, 0.25) is 0 Å². The maximum absolute atomic E-state index is 12.9. The highest BCUT2D eigenvalue weighted by Gasteiger charge is 2.25. The first-order chi connectivity index (χ1) is 15.6. The van der Waals surface area contributed by atoms with Crippen LogP contribution in [0.15, 0.2) is 84.9 Å². The van der Waals surface area contributed by atoms with Gasteiger partial charge in [-0.1, -0.05) is 48.5 Å². The normalized spacial score (nSPS) is 11.6. The summed E-state index contributed by atoms with van der Waals surface area (Å²) in [5.74, 6) is 0.698. The molecule has 0 spiro atoms. The van der Waals surface area contributed by atoms with E-state index in [1.54, 1.807) is 18.4 Å². The van der Waals surface area contributed by atoms with Crippen LogP contribution in [0.3, 0.4) is 0 Å². The summed E-state index contributed by atoms with van der Waals surface area (Å²) in [6.45, 7) is 4.21. The lowest BCUT2D eigenvalue weighted by molar-refractivity contribution is 0.102. The molecule has 0 fully saturated rings. The molecule has 1 heterocycles. The summed E-state index contributed by atoms with van der Waals surface area (Å²) in [5, 5.41) is 7.69. The van der Waals surface area contributed by atoms with Gasteiger partial charge in [0.25, 0.3) is 5.91 Å². The van der Waals surface area contributed by atoms with E-state index in [0.717, 1.165) is 27.6 Å². The monoisotopic (exact) mass is 442 g/mol. The molecule has 1 aromatic heterocycles. The third kappa shape index (κ3) is 4.68. The number of nitrogens with one attached hydrogen (secondary N) is 2. The molecule has 0 bridgehead atoms. The first kappa shape index (κ1) is 21.7. The summed E-state index contributed by atoms with van der Waals surface area (Å²) in [6, 6.07) is 27.3. The number of thiophene rings is 1. The molecule has 0 radical (unpaired) electrons. The molecule has 1 amide bonds. The van der Waals surface area contributed by atoms with Gasteiger partial charge in [0.2, 0.25) is 0 Å². The highest BCUT2D eigenvalue weighted by atomic mass is 32.1. The van der Waals surface area contributed by atoms with Gasteiger partial charge < -0.3 is 15.4 Å². The number of benzene rings is 3. The standard InChI is InChI=1S/C27H26N2O2S/c1-18-19(2)32-27(29-26(30)21-10-6-4-7-11-21)24(18)25(28-22-12-8-5-9-13-22)20-14-16-23(31-3)17-15-20/h4-17,25,28H,1-3H3,(H,29,30). The van der Waals surface area contributed by atoms with Crippen molar-refractivity contribution >= 4 is 27.9 Å². The molecule has 0 saturated carbocycles. The number of aryl methyl sites for hydroxylation is 1. The first-order valence-corrected chi connectivity index (χ1v) is 11.3. The molecule has 1 unspecified atom stereocenters. The molecule has 2 N–H and O–H groups in total. The van der Waals surface area contributed by atoms with Crippen molar-refractivity contribution in [2.45, 2.75) is 19.9 Å². The molecule has 32 heavy (non-hydrogen) atoms. The maximum atomic E-state index is 12.9. The molecule has 0 aliphatic rings. The molecule has 0 saturated heterocycles. The smallest absolute Gasteiger partial charge is 0.256 e. The number of hydrogen-bond acceptors (Lipinski definition) is 4. The van der Waals surface area contributed by atoms with Crippen molar-refractivity contribution in [3.63, 3.8) is 0 Å². The third-order valence-corrected chi connectivity index (χ3v) is 6.66. The fourth-order valence-electron chi connectivity index (χ4n) is 3.67. The Bertz CT molecular complexity index is 1190. The number of carbonyl (C=O) groups is 1. The van der Waals surface area contributed by atoms with Gasteiger partial charge in [-0.2, -0.15) is 0 Å². The molecule has 5 heteroatoms. The number of methoxy groups -OCH3 is 1. The summed E-state index contributed by atoms with van der Waals surface area (Å²) in [6.07, 6.45) is 0. The topological polar surface area (TPSA) is 50.4 Å². The highest BCUT2D eigenvalue weighted by molar-refractivity contribution is 7.16. The third-order valence-electron chi connectivity index (χ3n) is 5.52. The Kier molecular flexibility index (Phi) is 6.57. The Morgan fingerprint density at radius 1 is 0.875 bits per heavy atom. The number of amides is 1. The second kappa shape index (κ2) is 9.71. The quantitative estimate of drug-likeness (QED) is 0.330. The molecule has 0 aliphatic heterocycles. The van der Waals surface area contributed by atoms with Crippen molar-refractivity contribution in [1.82, 2.24) is 0 Å². The lowest BCUT2D eigenvalue weighted by Crippen LogP contribution is -2.17. The molecule has 4 rings (SSSR count). The zero-order chi connectivity index (χ0) is 22.5. The van der Waals surface area contributed by atoms with E-state index in [4.69, 9.17) is 4.74 Å². The fraction of sp³-hybridized carbons (Fsp3) is 0.148. The number of ether oxygens (including phenoxy) is 1. The van der Waals surface area contributed by atoms with E-state index in [1.807, 2.05) is 72.8 Å². The summed E-state index contributed by atoms with van der Waals surface area (Å²) in [5.41, 5.74) is 4.98. The van der Waals surface area contributed by atoms with Gasteiger partial charge in [-0.25, -0.2) is 0 Å². The second-order valence-electron chi connectivity index (χ2n) is 7.56. The van der Waals surface area contributed by atoms with E-state index < -0.39 is 0 Å². The van der Waals surface area contributed by atoms with Crippen LogP contribution in [0, 0.1) is 13.8 Å². The van der Waals surface area contributed by atoms with Gasteiger partial charge in [0.1, 0.15) is 10.8 Å². The van der Waals surface area contributed by atoms with Crippen molar-refractivity contribution < 1.29 is 9.53 Å². The Morgan fingerprint density at radius 2 is 1.50 bits per heavy atom. The first-order valence-electron chi connectivity index (χ1n) is 10.5. The number of anilines is 2. The number of hydrogen-bond donors (Lipinski definition) is 2. The van der Waals surface area contributed by atoms with Crippen LogP contribution in [-0.2, 0) is 0 Å². The van der Waals surface area contributed by atoms with E-state index in [9.17, 15) is 4.79 Å². The number of para-hydroxylation sites is 1. The average molecular weight is 443 g/mol. The van der Waals surface area contributed by atoms with Crippen molar-refractivity contribution in [2.75, 3.05) is 17.7 Å². The lowest BCUT2D eigenvalue weighted by Gasteiger charge is -2.23. The molecule has 0 aliphatic carbocycles. The number of carbonyl (C=O) groups excluding carboxylic acids is 1. The van der Waals surface area contributed by atoms with E-state index in [-0.39, 0.29) is 11.9 Å². The van der Waals surface area contributed by atoms with Gasteiger partial charge in [0.05, 0.1) is 13.2 Å². The Balaban J connectivity index is 1.76. The van der Waals surface area contributed by atoms with E-state index in [1.165, 1.54) is 10.4 Å². The van der Waals surface area contributed by atoms with Gasteiger partial charge in [0, 0.05) is 21.7 Å². The Morgan fingerprint density at radius 3 is 2.12 bits per heavy atom. The molecule has 4 aromatic rings. The lowest BCUT2D eigenvalue weighted by atomic mass is 9.96. The largest absolute Gasteiger partial charge is 0.497 e. The Labute approximate surface area is 192 Å². The molecular formula is C27H26N2O2S. The van der Waals surface area contributed by atoms with Crippen LogP contribution in [0.1, 0.15) is 38.0 Å². The molecule has 4 nitrogen and oxygen atoms in total. The fourth-order valence-corrected chi connectivity index (χ4v) is 4.76. The van der Waals surface area contributed by atoms with Crippen molar-refractivity contribution in [1.29, 1.82) is 0 Å². The van der Waals surface area contributed by atoms with Gasteiger partial charge in [-0.15, -0.1) is 11.3 Å². The van der Waals surface area contributed by atoms with Crippen LogP contribution >= 0.6 is 11.3 Å². The summed E-state index contributed by atoms with van der Waals surface area (Å²) < 4.78 is 5.35. The van der Waals surface area contributed by atoms with E-state index >= 15 is 0 Å². The summed E-state index contributed by atoms with van der Waals surface area (Å²) in [7, 11) is 1.66. The SMILES string of the molecule is COc1ccc(C(Nc2ccccc2)c2c(NC(=O)c3ccccc3)sc(C)c2C)cc1. The number of rotatable bonds is 7. The van der Waals surface area contributed by atoms with Crippen LogP contribution in [0.25, 0.3) is 0 Å². The molecule has 1 atom stereocenters. The van der Waals surface area contributed by atoms with Gasteiger partial charge in [-0.3, -0.25) is 4.79 Å². The van der Waals surface area contributed by atoms with Crippen molar-refractivity contribution in [2.24, 2.45) is 0 Å². The minimum atomic E-state index is -0.140. The van der Waals surface area contributed by atoms with Gasteiger partial charge in [0.15, 0.2) is 0 Å². The van der Waals surface area contributed by atoms with Crippen LogP contribution in [-0.4, -0.2) is 13.0 Å². The van der Waals surface area contributed by atoms with Crippen LogP contribution in [0.4, 0.5) is 10.7 Å². The Hall–Kier alpha value is -3.57. The van der Waals surface area contributed by atoms with Crippen LogP contribution in [0.5, 0.6) is 5.75 Å². The predicted molar refractivity (Wildman–Crippen MR) is 133 cm³/mol. The average Bonchev–Trinajstić information content (AvgIpc) is 3.11. The van der Waals surface area contributed by atoms with Crippen molar-refractivity contribution in [3.05, 3.63) is 112 Å². The van der Waals surface area contributed by atoms with Gasteiger partial charge >= 0.3 is 0 Å². The second-order valence-corrected chi connectivity index (χ2v) is 8.79. The minimum Gasteiger partial charge on any atom is -0.497 e. The zero-order valence-electron chi connectivity index (χ0n) is 18.4. The highest BCUT2D eigenvalue weighted by Crippen LogP contribution is 2.41. The minimum absolute atomic E-state index is 0.110. The van der Waals surface area contributed by atoms with E-state index in [2.05, 4.69) is 36.6 Å². The zero-order valence-corrected chi connectivity index (χ0v) is 19.2. The van der Waals surface area contributed by atoms with Crippen molar-refractivity contribution in [3.8, 4) is 5.75 Å². The predicted octanol–water partition coefficient (Wildman–Crippen LogP) is 6.83. The summed E-state index contributed by atoms with van der Waals surface area (Å²) in [4.78, 5) is 14.1. The molecular weight excluding hydrogens is 416 g/mol. The molecule has 3 aromatic carbocycles. The summed E-state index contributed by atoms with van der Waals surface area (Å²) >= 11 is 1.61. The van der Waals surface area contributed by atoms with E-state index in [0.29, 0.717) is 5.56 Å². The molecule has 162 valence electrons.